The molecule has 1 saturated carbocycles. The number of aryl methyl sites for hydroxylation is 1. The monoisotopic (exact) mass is 438 g/mol. The van der Waals surface area contributed by atoms with Gasteiger partial charge in [-0.25, -0.2) is 0 Å². The van der Waals surface area contributed by atoms with Crippen molar-refractivity contribution in [1.29, 1.82) is 0 Å². The van der Waals surface area contributed by atoms with E-state index in [0.29, 0.717) is 12.6 Å². The van der Waals surface area contributed by atoms with Crippen molar-refractivity contribution in [3.8, 4) is 11.1 Å². The first-order chi connectivity index (χ1) is 15.6. The van der Waals surface area contributed by atoms with Gasteiger partial charge in [0.05, 0.1) is 0 Å². The van der Waals surface area contributed by atoms with Gasteiger partial charge in [0.1, 0.15) is 0 Å². The molecule has 0 spiro atoms. The number of rotatable bonds is 7. The number of hydrogen-bond acceptors (Lipinski definition) is 2. The maximum atomic E-state index is 5.94. The van der Waals surface area contributed by atoms with Gasteiger partial charge in [0.15, 0.2) is 0 Å². The Kier molecular flexibility index (Phi) is 14.0. The first-order valence-corrected chi connectivity index (χ1v) is 13.3. The van der Waals surface area contributed by atoms with Crippen LogP contribution in [0.3, 0.4) is 0 Å². The number of nitrogens with two attached hydrogens (primary N) is 1. The third-order valence-electron chi connectivity index (χ3n) is 6.26. The fourth-order valence-electron chi connectivity index (χ4n) is 4.59. The molecule has 180 valence electrons. The number of benzene rings is 2. The van der Waals surface area contributed by atoms with E-state index in [4.69, 9.17) is 5.73 Å². The van der Waals surface area contributed by atoms with E-state index >= 15 is 0 Å². The van der Waals surface area contributed by atoms with E-state index in [0.717, 1.165) is 19.4 Å². The zero-order valence-corrected chi connectivity index (χ0v) is 22.1. The Labute approximate surface area is 199 Å². The molecule has 3 rings (SSSR count). The molecule has 0 aliphatic heterocycles. The summed E-state index contributed by atoms with van der Waals surface area (Å²) >= 11 is 0. The molecule has 2 nitrogen and oxygen atoms in total. The highest BCUT2D eigenvalue weighted by molar-refractivity contribution is 5.73. The van der Waals surface area contributed by atoms with Crippen LogP contribution in [-0.4, -0.2) is 19.1 Å². The summed E-state index contributed by atoms with van der Waals surface area (Å²) in [6.07, 6.45) is 10.1. The molecule has 0 heterocycles. The fraction of sp³-hybridized carbons (Fsp3) is 0.600. The Bertz CT molecular complexity index is 742. The molecule has 0 aromatic heterocycles. The molecular weight excluding hydrogens is 388 g/mol. The molecular formula is C30H50N2. The quantitative estimate of drug-likeness (QED) is 0.471. The largest absolute Gasteiger partial charge is 0.369 e. The lowest BCUT2D eigenvalue weighted by Gasteiger charge is -2.37. The Morgan fingerprint density at radius 1 is 0.875 bits per heavy atom. The fourth-order valence-corrected chi connectivity index (χ4v) is 4.59. The summed E-state index contributed by atoms with van der Waals surface area (Å²) < 4.78 is 0. The zero-order valence-electron chi connectivity index (χ0n) is 22.1. The van der Waals surface area contributed by atoms with Gasteiger partial charge in [-0.2, -0.15) is 0 Å². The van der Waals surface area contributed by atoms with Crippen molar-refractivity contribution in [2.24, 2.45) is 5.73 Å². The predicted octanol–water partition coefficient (Wildman–Crippen LogP) is 8.33. The first-order valence-electron chi connectivity index (χ1n) is 13.3. The molecule has 1 aliphatic rings. The lowest BCUT2D eigenvalue weighted by molar-refractivity contribution is 0.418. The van der Waals surface area contributed by atoms with Crippen molar-refractivity contribution < 1.29 is 0 Å². The van der Waals surface area contributed by atoms with Crippen LogP contribution in [0.4, 0.5) is 5.69 Å². The van der Waals surface area contributed by atoms with E-state index in [2.05, 4.69) is 75.9 Å². The van der Waals surface area contributed by atoms with E-state index in [-0.39, 0.29) is 0 Å². The average molecular weight is 439 g/mol. The van der Waals surface area contributed by atoms with Crippen molar-refractivity contribution in [2.75, 3.05) is 18.0 Å². The van der Waals surface area contributed by atoms with Gasteiger partial charge < -0.3 is 10.6 Å². The first kappa shape index (κ1) is 28.2. The lowest BCUT2D eigenvalue weighted by atomic mass is 9.91. The van der Waals surface area contributed by atoms with Crippen LogP contribution in [0, 0.1) is 6.92 Å². The Hall–Kier alpha value is -1.80. The second kappa shape index (κ2) is 15.9. The van der Waals surface area contributed by atoms with Crippen molar-refractivity contribution >= 4 is 5.69 Å². The van der Waals surface area contributed by atoms with E-state index < -0.39 is 0 Å². The van der Waals surface area contributed by atoms with Gasteiger partial charge in [0, 0.05) is 18.3 Å². The van der Waals surface area contributed by atoms with Crippen LogP contribution in [0.15, 0.2) is 36.4 Å². The molecule has 1 fully saturated rings. The maximum Gasteiger partial charge on any atom is 0.0407 e. The summed E-state index contributed by atoms with van der Waals surface area (Å²) in [6, 6.07) is 14.5. The third-order valence-corrected chi connectivity index (χ3v) is 6.26. The van der Waals surface area contributed by atoms with Crippen LogP contribution in [0.5, 0.6) is 0 Å². The molecule has 0 atom stereocenters. The molecule has 0 radical (unpaired) electrons. The summed E-state index contributed by atoms with van der Waals surface area (Å²) in [5, 5.41) is 0. The van der Waals surface area contributed by atoms with Crippen LogP contribution < -0.4 is 10.6 Å². The molecule has 2 aromatic rings. The average Bonchev–Trinajstić information content (AvgIpc) is 2.84. The molecule has 0 bridgehead atoms. The summed E-state index contributed by atoms with van der Waals surface area (Å²) in [4.78, 5) is 2.67. The Balaban J connectivity index is 0.000000944. The van der Waals surface area contributed by atoms with Crippen molar-refractivity contribution in [1.82, 2.24) is 0 Å². The number of nitrogens with zero attached hydrogens (tertiary/aromatic N) is 1. The normalized spacial score (nSPS) is 13.5. The molecule has 2 N–H and O–H groups in total. The van der Waals surface area contributed by atoms with Gasteiger partial charge in [0.25, 0.3) is 0 Å². The van der Waals surface area contributed by atoms with E-state index in [9.17, 15) is 0 Å². The minimum Gasteiger partial charge on any atom is -0.369 e. The van der Waals surface area contributed by atoms with E-state index in [1.165, 1.54) is 72.0 Å². The van der Waals surface area contributed by atoms with Gasteiger partial charge in [-0.15, -0.1) is 0 Å². The van der Waals surface area contributed by atoms with Gasteiger partial charge >= 0.3 is 0 Å². The molecule has 2 heteroatoms. The van der Waals surface area contributed by atoms with Gasteiger partial charge in [-0.3, -0.25) is 0 Å². The van der Waals surface area contributed by atoms with E-state index in [1.54, 1.807) is 0 Å². The molecule has 1 aliphatic carbocycles. The molecule has 32 heavy (non-hydrogen) atoms. The summed E-state index contributed by atoms with van der Waals surface area (Å²) in [7, 11) is 0. The SMILES string of the molecule is CC.CCC.CCc1ccc(-c2cc(CCN)c(C)c(N(CC)C3CCCCC3)c2)cc1. The highest BCUT2D eigenvalue weighted by Gasteiger charge is 2.23. The lowest BCUT2D eigenvalue weighted by Crippen LogP contribution is -2.37. The van der Waals surface area contributed by atoms with E-state index in [1.807, 2.05) is 13.8 Å². The van der Waals surface area contributed by atoms with Gasteiger partial charge in [-0.1, -0.05) is 90.6 Å². The summed E-state index contributed by atoms with van der Waals surface area (Å²) in [5.74, 6) is 0. The van der Waals surface area contributed by atoms with Gasteiger partial charge in [-0.05, 0) is 80.0 Å². The van der Waals surface area contributed by atoms with Crippen LogP contribution in [0.2, 0.25) is 0 Å². The van der Waals surface area contributed by atoms with Crippen molar-refractivity contribution in [2.45, 2.75) is 106 Å². The third kappa shape index (κ3) is 7.96. The minimum absolute atomic E-state index is 0.686. The standard InChI is InChI=1S/C25H36N2.C3H8.C2H6/c1-4-20-11-13-21(14-12-20)23-17-22(15-16-26)19(3)25(18-23)27(5-2)24-9-7-6-8-10-24;1-3-2;1-2/h11-14,17-18,24H,4-10,15-16,26H2,1-3H3;3H2,1-2H3;1-2H3. The second-order valence-electron chi connectivity index (χ2n) is 8.65. The summed E-state index contributed by atoms with van der Waals surface area (Å²) in [5.41, 5.74) is 14.2. The van der Waals surface area contributed by atoms with Crippen molar-refractivity contribution in [3.05, 3.63) is 53.1 Å². The van der Waals surface area contributed by atoms with Crippen LogP contribution in [-0.2, 0) is 12.8 Å². The highest BCUT2D eigenvalue weighted by atomic mass is 15.2. The van der Waals surface area contributed by atoms with Crippen LogP contribution in [0.1, 0.15) is 96.8 Å². The van der Waals surface area contributed by atoms with Crippen molar-refractivity contribution in [3.63, 3.8) is 0 Å². The smallest absolute Gasteiger partial charge is 0.0407 e. The number of anilines is 1. The number of hydrogen-bond donors (Lipinski definition) is 1. The topological polar surface area (TPSA) is 29.3 Å². The zero-order chi connectivity index (χ0) is 23.9. The van der Waals surface area contributed by atoms with Crippen LogP contribution in [0.25, 0.3) is 11.1 Å². The summed E-state index contributed by atoms with van der Waals surface area (Å²) in [6.45, 7) is 16.8. The highest BCUT2D eigenvalue weighted by Crippen LogP contribution is 2.35. The minimum atomic E-state index is 0.686. The molecule has 0 unspecified atom stereocenters. The predicted molar refractivity (Wildman–Crippen MR) is 146 cm³/mol. The Morgan fingerprint density at radius 3 is 1.97 bits per heavy atom. The Morgan fingerprint density at radius 2 is 1.47 bits per heavy atom. The second-order valence-corrected chi connectivity index (χ2v) is 8.65. The molecule has 0 amide bonds. The van der Waals surface area contributed by atoms with Gasteiger partial charge in [0.2, 0.25) is 0 Å². The molecule has 0 saturated heterocycles. The maximum absolute atomic E-state index is 5.94. The molecule has 2 aromatic carbocycles. The van der Waals surface area contributed by atoms with Crippen LogP contribution >= 0.6 is 0 Å².